The Hall–Kier alpha value is -2.11. The number of hydrogen-bond donors (Lipinski definition) is 1. The van der Waals surface area contributed by atoms with E-state index in [0.29, 0.717) is 5.56 Å². The molecule has 0 spiro atoms. The van der Waals surface area contributed by atoms with Crippen molar-refractivity contribution in [1.82, 2.24) is 9.97 Å². The second kappa shape index (κ2) is 4.04. The Balaban J connectivity index is 2.47. The van der Waals surface area contributed by atoms with Crippen LogP contribution in [0.2, 0.25) is 0 Å². The number of pyridine rings is 2. The van der Waals surface area contributed by atoms with Crippen molar-refractivity contribution >= 4 is 0 Å². The van der Waals surface area contributed by atoms with E-state index in [1.54, 1.807) is 0 Å². The number of rotatable bonds is 1. The lowest BCUT2D eigenvalue weighted by Crippen LogP contribution is -2.08. The molecule has 2 aromatic heterocycles. The standard InChI is InChI=1S/C11H7F3N2O/c12-11(13,14)9-3-1-2-8(16-9)7-4-5-10(17)15-6-7/h1-6H,(H,15,17). The van der Waals surface area contributed by atoms with Gasteiger partial charge in [0.05, 0.1) is 5.69 Å². The fourth-order valence-electron chi connectivity index (χ4n) is 1.32. The smallest absolute Gasteiger partial charge is 0.328 e. The van der Waals surface area contributed by atoms with E-state index in [2.05, 4.69) is 9.97 Å². The molecule has 0 radical (unpaired) electrons. The fraction of sp³-hybridized carbons (Fsp3) is 0.0909. The van der Waals surface area contributed by atoms with Gasteiger partial charge in [0.25, 0.3) is 0 Å². The summed E-state index contributed by atoms with van der Waals surface area (Å²) >= 11 is 0. The van der Waals surface area contributed by atoms with Gasteiger partial charge in [0.15, 0.2) is 0 Å². The number of halogens is 3. The molecule has 1 N–H and O–H groups in total. The predicted octanol–water partition coefficient (Wildman–Crippen LogP) is 2.46. The number of hydrogen-bond acceptors (Lipinski definition) is 2. The van der Waals surface area contributed by atoms with E-state index in [-0.39, 0.29) is 11.3 Å². The highest BCUT2D eigenvalue weighted by molar-refractivity contribution is 5.57. The van der Waals surface area contributed by atoms with Crippen molar-refractivity contribution in [2.45, 2.75) is 6.18 Å². The molecule has 2 aromatic rings. The molecule has 2 rings (SSSR count). The zero-order valence-electron chi connectivity index (χ0n) is 8.45. The van der Waals surface area contributed by atoms with Crippen molar-refractivity contribution in [2.24, 2.45) is 0 Å². The minimum absolute atomic E-state index is 0.163. The fourth-order valence-corrected chi connectivity index (χ4v) is 1.32. The summed E-state index contributed by atoms with van der Waals surface area (Å²) in [5.41, 5.74) is -0.686. The van der Waals surface area contributed by atoms with Gasteiger partial charge in [0.2, 0.25) is 5.56 Å². The van der Waals surface area contributed by atoms with Crippen LogP contribution in [0.4, 0.5) is 13.2 Å². The number of H-pyrrole nitrogens is 1. The van der Waals surface area contributed by atoms with Gasteiger partial charge in [-0.3, -0.25) is 4.79 Å². The van der Waals surface area contributed by atoms with Gasteiger partial charge in [-0.25, -0.2) is 4.98 Å². The average molecular weight is 240 g/mol. The first-order valence-electron chi connectivity index (χ1n) is 4.70. The van der Waals surface area contributed by atoms with Gasteiger partial charge in [0, 0.05) is 17.8 Å². The minimum atomic E-state index is -4.47. The molecule has 0 aliphatic carbocycles. The normalized spacial score (nSPS) is 11.5. The highest BCUT2D eigenvalue weighted by Gasteiger charge is 2.32. The lowest BCUT2D eigenvalue weighted by Gasteiger charge is -2.07. The third-order valence-corrected chi connectivity index (χ3v) is 2.12. The summed E-state index contributed by atoms with van der Waals surface area (Å²) in [6.07, 6.45) is -3.15. The van der Waals surface area contributed by atoms with E-state index in [9.17, 15) is 18.0 Å². The highest BCUT2D eigenvalue weighted by Crippen LogP contribution is 2.28. The Kier molecular flexibility index (Phi) is 2.71. The van der Waals surface area contributed by atoms with Gasteiger partial charge < -0.3 is 4.98 Å². The Labute approximate surface area is 94.0 Å². The predicted molar refractivity (Wildman–Crippen MR) is 55.3 cm³/mol. The van der Waals surface area contributed by atoms with Crippen molar-refractivity contribution in [3.8, 4) is 11.3 Å². The maximum atomic E-state index is 12.4. The van der Waals surface area contributed by atoms with Gasteiger partial charge >= 0.3 is 6.18 Å². The Morgan fingerprint density at radius 1 is 1.12 bits per heavy atom. The van der Waals surface area contributed by atoms with E-state index in [1.807, 2.05) is 0 Å². The second-order valence-electron chi connectivity index (χ2n) is 3.35. The largest absolute Gasteiger partial charge is 0.433 e. The monoisotopic (exact) mass is 240 g/mol. The Morgan fingerprint density at radius 2 is 1.88 bits per heavy atom. The number of aromatic amines is 1. The molecule has 0 unspecified atom stereocenters. The van der Waals surface area contributed by atoms with Gasteiger partial charge in [-0.15, -0.1) is 0 Å². The molecule has 0 atom stereocenters. The Bertz CT molecular complexity index is 569. The molecule has 2 heterocycles. The second-order valence-corrected chi connectivity index (χ2v) is 3.35. The van der Waals surface area contributed by atoms with Crippen LogP contribution in [0.5, 0.6) is 0 Å². The molecule has 0 fully saturated rings. The van der Waals surface area contributed by atoms with Gasteiger partial charge in [-0.2, -0.15) is 13.2 Å². The zero-order chi connectivity index (χ0) is 12.5. The molecule has 0 aliphatic rings. The van der Waals surface area contributed by atoms with Crippen molar-refractivity contribution in [1.29, 1.82) is 0 Å². The molecular formula is C11H7F3N2O. The van der Waals surface area contributed by atoms with Crippen LogP contribution in [0.3, 0.4) is 0 Å². The molecule has 88 valence electrons. The van der Waals surface area contributed by atoms with Crippen molar-refractivity contribution in [3.63, 3.8) is 0 Å². The molecular weight excluding hydrogens is 233 g/mol. The summed E-state index contributed by atoms with van der Waals surface area (Å²) in [7, 11) is 0. The summed E-state index contributed by atoms with van der Waals surface area (Å²) in [6, 6.07) is 6.27. The number of alkyl halides is 3. The van der Waals surface area contributed by atoms with Gasteiger partial charge in [-0.05, 0) is 18.2 Å². The van der Waals surface area contributed by atoms with Crippen LogP contribution in [0.25, 0.3) is 11.3 Å². The van der Waals surface area contributed by atoms with Crippen molar-refractivity contribution < 1.29 is 13.2 Å². The topological polar surface area (TPSA) is 45.8 Å². The molecule has 0 aliphatic heterocycles. The van der Waals surface area contributed by atoms with Crippen LogP contribution >= 0.6 is 0 Å². The number of nitrogens with one attached hydrogen (secondary N) is 1. The third kappa shape index (κ3) is 2.52. The summed E-state index contributed by atoms with van der Waals surface area (Å²) in [6.45, 7) is 0. The lowest BCUT2D eigenvalue weighted by atomic mass is 10.2. The van der Waals surface area contributed by atoms with Crippen molar-refractivity contribution in [3.05, 3.63) is 52.6 Å². The van der Waals surface area contributed by atoms with Crippen LogP contribution in [-0.2, 0) is 6.18 Å². The van der Waals surface area contributed by atoms with Crippen LogP contribution in [0, 0.1) is 0 Å². The first kappa shape index (κ1) is 11.4. The summed E-state index contributed by atoms with van der Waals surface area (Å²) in [5, 5.41) is 0. The van der Waals surface area contributed by atoms with E-state index in [1.165, 1.54) is 30.5 Å². The number of aromatic nitrogens is 2. The molecule has 0 aromatic carbocycles. The maximum absolute atomic E-state index is 12.4. The SMILES string of the molecule is O=c1ccc(-c2cccc(C(F)(F)F)n2)c[nH]1. The summed E-state index contributed by atoms with van der Waals surface area (Å²) in [5.74, 6) is 0. The van der Waals surface area contributed by atoms with Gasteiger partial charge in [0.1, 0.15) is 5.69 Å². The maximum Gasteiger partial charge on any atom is 0.433 e. The lowest BCUT2D eigenvalue weighted by molar-refractivity contribution is -0.141. The molecule has 0 saturated carbocycles. The van der Waals surface area contributed by atoms with Crippen LogP contribution in [0.15, 0.2) is 41.3 Å². The van der Waals surface area contributed by atoms with Gasteiger partial charge in [-0.1, -0.05) is 6.07 Å². The third-order valence-electron chi connectivity index (χ3n) is 2.12. The highest BCUT2D eigenvalue weighted by atomic mass is 19.4. The van der Waals surface area contributed by atoms with E-state index in [4.69, 9.17) is 0 Å². The van der Waals surface area contributed by atoms with E-state index < -0.39 is 11.9 Å². The zero-order valence-corrected chi connectivity index (χ0v) is 8.45. The van der Waals surface area contributed by atoms with E-state index >= 15 is 0 Å². The molecule has 0 bridgehead atoms. The molecule has 17 heavy (non-hydrogen) atoms. The summed E-state index contributed by atoms with van der Waals surface area (Å²) in [4.78, 5) is 16.7. The van der Waals surface area contributed by atoms with E-state index in [0.717, 1.165) is 6.07 Å². The van der Waals surface area contributed by atoms with Crippen molar-refractivity contribution in [2.75, 3.05) is 0 Å². The quantitative estimate of drug-likeness (QED) is 0.832. The molecule has 0 saturated heterocycles. The van der Waals surface area contributed by atoms with Crippen LogP contribution in [0.1, 0.15) is 5.69 Å². The summed E-state index contributed by atoms with van der Waals surface area (Å²) < 4.78 is 37.3. The van der Waals surface area contributed by atoms with Crippen LogP contribution < -0.4 is 5.56 Å². The molecule has 3 nitrogen and oxygen atoms in total. The molecule has 6 heteroatoms. The Morgan fingerprint density at radius 3 is 2.47 bits per heavy atom. The first-order valence-corrected chi connectivity index (χ1v) is 4.70. The van der Waals surface area contributed by atoms with Crippen LogP contribution in [-0.4, -0.2) is 9.97 Å². The molecule has 0 amide bonds. The average Bonchev–Trinajstić information content (AvgIpc) is 2.29. The number of nitrogens with zero attached hydrogens (tertiary/aromatic N) is 1. The minimum Gasteiger partial charge on any atom is -0.328 e. The first-order chi connectivity index (χ1) is 7.97.